The molecule has 0 fully saturated rings. The van der Waals surface area contributed by atoms with Crippen molar-refractivity contribution in [2.45, 2.75) is 24.3 Å². The van der Waals surface area contributed by atoms with Crippen molar-refractivity contribution in [2.75, 3.05) is 39.6 Å². The number of benzene rings is 2. The zero-order chi connectivity index (χ0) is 22.2. The summed E-state index contributed by atoms with van der Waals surface area (Å²) in [6.07, 6.45) is 12.3. The van der Waals surface area contributed by atoms with Crippen LogP contribution in [0.5, 0.6) is 0 Å². The number of hydrogen-bond acceptors (Lipinski definition) is 2. The maximum atomic E-state index is 6.24. The van der Waals surface area contributed by atoms with Crippen LogP contribution in [0, 0.1) is 24.7 Å². The van der Waals surface area contributed by atoms with Crippen molar-refractivity contribution in [2.24, 2.45) is 0 Å². The minimum Gasteiger partial charge on any atom is -0.294 e. The molecule has 0 saturated carbocycles. The number of rotatable bonds is 10. The number of hydrogen-bond donors (Lipinski definition) is 0. The molecule has 0 saturated heterocycles. The summed E-state index contributed by atoms with van der Waals surface area (Å²) >= 11 is 12.2. The van der Waals surface area contributed by atoms with E-state index in [0.29, 0.717) is 25.0 Å². The molecule has 0 spiro atoms. The summed E-state index contributed by atoms with van der Waals surface area (Å²) in [6, 6.07) is 20.9. The molecule has 0 bridgehead atoms. The minimum absolute atomic E-state index is 0.116. The lowest BCUT2D eigenvalue weighted by atomic mass is 10.1. The molecule has 0 radical (unpaired) electrons. The first-order chi connectivity index (χ1) is 14.5. The van der Waals surface area contributed by atoms with Crippen molar-refractivity contribution in [3.05, 3.63) is 71.8 Å². The maximum absolute atomic E-state index is 6.24. The average Bonchev–Trinajstić information content (AvgIpc) is 2.74. The Labute approximate surface area is 193 Å². The highest BCUT2D eigenvalue weighted by Crippen LogP contribution is 2.10. The summed E-state index contributed by atoms with van der Waals surface area (Å²) in [4.78, 5) is 4.17. The Hall–Kier alpha value is -1.94. The molecule has 2 nitrogen and oxygen atoms in total. The van der Waals surface area contributed by atoms with E-state index in [0.717, 1.165) is 19.4 Å². The minimum atomic E-state index is 0.116. The van der Waals surface area contributed by atoms with E-state index >= 15 is 0 Å². The van der Waals surface area contributed by atoms with Gasteiger partial charge in [-0.15, -0.1) is 36.0 Å². The lowest BCUT2D eigenvalue weighted by Crippen LogP contribution is -2.35. The Morgan fingerprint density at radius 2 is 1.33 bits per heavy atom. The van der Waals surface area contributed by atoms with Gasteiger partial charge in [-0.3, -0.25) is 9.80 Å². The fourth-order valence-electron chi connectivity index (χ4n) is 2.98. The van der Waals surface area contributed by atoms with Gasteiger partial charge in [0.25, 0.3) is 0 Å². The van der Waals surface area contributed by atoms with E-state index in [2.05, 4.69) is 45.9 Å². The number of nitrogens with zero attached hydrogens (tertiary/aromatic N) is 2. The topological polar surface area (TPSA) is 6.48 Å². The Morgan fingerprint density at radius 3 is 1.80 bits per heavy atom. The van der Waals surface area contributed by atoms with Crippen LogP contribution in [0.25, 0.3) is 0 Å². The largest absolute Gasteiger partial charge is 0.294 e. The van der Waals surface area contributed by atoms with E-state index < -0.39 is 0 Å². The molecule has 0 aliphatic rings. The lowest BCUT2D eigenvalue weighted by molar-refractivity contribution is 0.290. The van der Waals surface area contributed by atoms with Gasteiger partial charge in [-0.2, -0.15) is 0 Å². The van der Waals surface area contributed by atoms with E-state index in [9.17, 15) is 0 Å². The van der Waals surface area contributed by atoms with Crippen LogP contribution >= 0.6 is 23.2 Å². The summed E-state index contributed by atoms with van der Waals surface area (Å²) in [5, 5.41) is 0.116. The zero-order valence-electron chi connectivity index (χ0n) is 18.0. The van der Waals surface area contributed by atoms with Crippen molar-refractivity contribution < 1.29 is 0 Å². The molecule has 2 aromatic carbocycles. The van der Waals surface area contributed by atoms with Crippen molar-refractivity contribution in [1.29, 1.82) is 0 Å². The van der Waals surface area contributed by atoms with Gasteiger partial charge in [-0.1, -0.05) is 72.5 Å². The molecule has 4 heteroatoms. The van der Waals surface area contributed by atoms with Crippen LogP contribution in [0.3, 0.4) is 0 Å². The van der Waals surface area contributed by atoms with Crippen molar-refractivity contribution >= 4 is 23.2 Å². The molecule has 2 aromatic rings. The summed E-state index contributed by atoms with van der Waals surface area (Å²) in [5.41, 5.74) is 2.57. The molecule has 0 aliphatic carbocycles. The third-order valence-electron chi connectivity index (χ3n) is 4.63. The predicted octanol–water partition coefficient (Wildman–Crippen LogP) is 4.80. The fraction of sp³-hybridized carbons (Fsp3) is 0.385. The van der Waals surface area contributed by atoms with Gasteiger partial charge in [-0.25, -0.2) is 0 Å². The second-order valence-corrected chi connectivity index (χ2v) is 8.23. The second kappa shape index (κ2) is 15.8. The van der Waals surface area contributed by atoms with E-state index in [4.69, 9.17) is 36.0 Å². The van der Waals surface area contributed by atoms with E-state index in [1.807, 2.05) is 50.5 Å². The van der Waals surface area contributed by atoms with Crippen molar-refractivity contribution in [1.82, 2.24) is 9.80 Å². The number of terminal acetylenes is 2. The molecular formula is C26H32Cl2N2. The van der Waals surface area contributed by atoms with Crippen LogP contribution in [-0.2, 0) is 12.8 Å². The third kappa shape index (κ3) is 11.3. The van der Waals surface area contributed by atoms with Crippen molar-refractivity contribution in [3.63, 3.8) is 0 Å². The lowest BCUT2D eigenvalue weighted by Gasteiger charge is -2.24. The van der Waals surface area contributed by atoms with Gasteiger partial charge in [0, 0.05) is 18.5 Å². The highest BCUT2D eigenvalue weighted by molar-refractivity contribution is 6.20. The molecule has 1 unspecified atom stereocenters. The number of likely N-dealkylation sites (N-methyl/N-ethyl adjacent to an activating group) is 1. The molecule has 30 heavy (non-hydrogen) atoms. The summed E-state index contributed by atoms with van der Waals surface area (Å²) in [5.74, 6) is 5.84. The van der Waals surface area contributed by atoms with Crippen molar-refractivity contribution in [3.8, 4) is 24.7 Å². The van der Waals surface area contributed by atoms with Gasteiger partial charge in [0.05, 0.1) is 18.5 Å². The van der Waals surface area contributed by atoms with E-state index in [-0.39, 0.29) is 5.38 Å². The summed E-state index contributed by atoms with van der Waals surface area (Å²) in [7, 11) is 4.00. The SMILES string of the molecule is C#CCN(C)CC(Cl)Cc1ccccc1.C#CCN(C)[C@H](CCl)Cc1ccccc1. The van der Waals surface area contributed by atoms with Crippen LogP contribution in [0.15, 0.2) is 60.7 Å². The van der Waals surface area contributed by atoms with Gasteiger partial charge < -0.3 is 0 Å². The van der Waals surface area contributed by atoms with Crippen LogP contribution in [0.4, 0.5) is 0 Å². The van der Waals surface area contributed by atoms with Gasteiger partial charge in [0.15, 0.2) is 0 Å². The average molecular weight is 443 g/mol. The molecule has 160 valence electrons. The van der Waals surface area contributed by atoms with Gasteiger partial charge in [-0.05, 0) is 38.1 Å². The molecule has 0 aliphatic heterocycles. The molecule has 0 N–H and O–H groups in total. The molecular weight excluding hydrogens is 411 g/mol. The Bertz CT molecular complexity index is 765. The second-order valence-electron chi connectivity index (χ2n) is 7.30. The Kier molecular flexibility index (Phi) is 13.8. The quantitative estimate of drug-likeness (QED) is 0.384. The van der Waals surface area contributed by atoms with Gasteiger partial charge in [0.1, 0.15) is 0 Å². The molecule has 0 aromatic heterocycles. The standard InChI is InChI=1S/2C13H16ClN/c1-3-9-15(2)11-13(14)10-12-7-5-4-6-8-12;1-3-9-15(2)13(11-14)10-12-7-5-4-6-8-12/h2*1,4-8,13H,9-11H2,2H3/t;13-/m.0/s1. The zero-order valence-corrected chi connectivity index (χ0v) is 19.5. The molecule has 2 atom stereocenters. The first kappa shape index (κ1) is 26.1. The van der Waals surface area contributed by atoms with E-state index in [1.54, 1.807) is 0 Å². The summed E-state index contributed by atoms with van der Waals surface area (Å²) < 4.78 is 0. The van der Waals surface area contributed by atoms with Crippen LogP contribution in [-0.4, -0.2) is 60.8 Å². The Balaban J connectivity index is 0.000000300. The highest BCUT2D eigenvalue weighted by atomic mass is 35.5. The number of alkyl halides is 2. The van der Waals surface area contributed by atoms with Crippen LogP contribution in [0.2, 0.25) is 0 Å². The van der Waals surface area contributed by atoms with Crippen LogP contribution in [0.1, 0.15) is 11.1 Å². The first-order valence-corrected chi connectivity index (χ1v) is 11.0. The Morgan fingerprint density at radius 1 is 0.833 bits per heavy atom. The van der Waals surface area contributed by atoms with Crippen LogP contribution < -0.4 is 0 Å². The third-order valence-corrected chi connectivity index (χ3v) is 5.28. The van der Waals surface area contributed by atoms with E-state index in [1.165, 1.54) is 11.1 Å². The normalized spacial score (nSPS) is 12.4. The number of halogens is 2. The molecule has 2 rings (SSSR count). The van der Waals surface area contributed by atoms with Gasteiger partial charge >= 0.3 is 0 Å². The molecule has 0 heterocycles. The monoisotopic (exact) mass is 442 g/mol. The van der Waals surface area contributed by atoms with Gasteiger partial charge in [0.2, 0.25) is 0 Å². The maximum Gasteiger partial charge on any atom is 0.0599 e. The predicted molar refractivity (Wildman–Crippen MR) is 132 cm³/mol. The fourth-order valence-corrected chi connectivity index (χ4v) is 3.74. The summed E-state index contributed by atoms with van der Waals surface area (Å²) in [6.45, 7) is 2.11. The first-order valence-electron chi connectivity index (χ1n) is 10.0. The highest BCUT2D eigenvalue weighted by Gasteiger charge is 2.13. The smallest absolute Gasteiger partial charge is 0.0599 e. The molecule has 0 amide bonds.